The highest BCUT2D eigenvalue weighted by Gasteiger charge is 2.28. The molecule has 8 nitrogen and oxygen atoms in total. The lowest BCUT2D eigenvalue weighted by Gasteiger charge is -2.37. The topological polar surface area (TPSA) is 116 Å². The normalized spacial score (nSPS) is 23.1. The number of primary sulfonamides is 1. The average molecular weight is 315 g/mol. The minimum Gasteiger partial charge on any atom is -0.372 e. The molecule has 0 bridgehead atoms. The van der Waals surface area contributed by atoms with Crippen LogP contribution in [0, 0.1) is 10.1 Å². The Morgan fingerprint density at radius 3 is 2.38 bits per heavy atom. The molecule has 1 aliphatic heterocycles. The van der Waals surface area contributed by atoms with Gasteiger partial charge < -0.3 is 9.64 Å². The first-order valence-corrected chi connectivity index (χ1v) is 7.94. The summed E-state index contributed by atoms with van der Waals surface area (Å²) in [5.41, 5.74) is 0.0576. The van der Waals surface area contributed by atoms with Crippen LogP contribution in [0.3, 0.4) is 0 Å². The Morgan fingerprint density at radius 2 is 1.90 bits per heavy atom. The number of ether oxygens (including phenoxy) is 1. The van der Waals surface area contributed by atoms with E-state index < -0.39 is 14.9 Å². The maximum absolute atomic E-state index is 11.7. The number of rotatable bonds is 3. The first-order valence-electron chi connectivity index (χ1n) is 6.40. The molecule has 1 saturated heterocycles. The van der Waals surface area contributed by atoms with Crippen molar-refractivity contribution >= 4 is 21.4 Å². The van der Waals surface area contributed by atoms with E-state index in [0.29, 0.717) is 18.8 Å². The Bertz CT molecular complexity index is 651. The van der Waals surface area contributed by atoms with Crippen molar-refractivity contribution < 1.29 is 18.1 Å². The van der Waals surface area contributed by atoms with Crippen LogP contribution >= 0.6 is 0 Å². The molecular weight excluding hydrogens is 298 g/mol. The van der Waals surface area contributed by atoms with Gasteiger partial charge in [0.15, 0.2) is 0 Å². The molecule has 21 heavy (non-hydrogen) atoms. The molecule has 1 fully saturated rings. The quantitative estimate of drug-likeness (QED) is 0.653. The molecule has 9 heteroatoms. The number of nitro groups is 1. The zero-order chi connectivity index (χ0) is 15.8. The van der Waals surface area contributed by atoms with Gasteiger partial charge in [-0.25, -0.2) is 13.6 Å². The summed E-state index contributed by atoms with van der Waals surface area (Å²) in [5, 5.41) is 16.0. The molecule has 1 heterocycles. The number of benzene rings is 1. The summed E-state index contributed by atoms with van der Waals surface area (Å²) in [4.78, 5) is 11.7. The molecule has 2 unspecified atom stereocenters. The van der Waals surface area contributed by atoms with E-state index >= 15 is 0 Å². The summed E-state index contributed by atoms with van der Waals surface area (Å²) in [5.74, 6) is 0. The SMILES string of the molecule is CC1CN(c2ccc([N+](=O)[O-])cc2S(N)(=O)=O)CC(C)O1. The van der Waals surface area contributed by atoms with E-state index in [1.807, 2.05) is 18.7 Å². The summed E-state index contributed by atoms with van der Waals surface area (Å²) in [6.07, 6.45) is -0.144. The van der Waals surface area contributed by atoms with E-state index in [-0.39, 0.29) is 22.8 Å². The number of nitrogens with zero attached hydrogens (tertiary/aromatic N) is 2. The number of hydrogen-bond acceptors (Lipinski definition) is 6. The average Bonchev–Trinajstić information content (AvgIpc) is 2.35. The van der Waals surface area contributed by atoms with Gasteiger partial charge >= 0.3 is 0 Å². The second kappa shape index (κ2) is 5.58. The molecule has 1 aliphatic rings. The van der Waals surface area contributed by atoms with Gasteiger partial charge in [-0.1, -0.05) is 0 Å². The van der Waals surface area contributed by atoms with Gasteiger partial charge in [-0.05, 0) is 19.9 Å². The van der Waals surface area contributed by atoms with E-state index in [4.69, 9.17) is 9.88 Å². The monoisotopic (exact) mass is 315 g/mol. The van der Waals surface area contributed by atoms with Gasteiger partial charge in [0.2, 0.25) is 10.0 Å². The molecule has 0 radical (unpaired) electrons. The van der Waals surface area contributed by atoms with Crippen molar-refractivity contribution in [3.63, 3.8) is 0 Å². The van der Waals surface area contributed by atoms with Crippen molar-refractivity contribution in [3.8, 4) is 0 Å². The second-order valence-electron chi connectivity index (χ2n) is 5.12. The number of sulfonamides is 1. The Kier molecular flexibility index (Phi) is 4.17. The lowest BCUT2D eigenvalue weighted by atomic mass is 10.2. The molecule has 2 atom stereocenters. The summed E-state index contributed by atoms with van der Waals surface area (Å²) >= 11 is 0. The van der Waals surface area contributed by atoms with Crippen molar-refractivity contribution in [1.29, 1.82) is 0 Å². The predicted octanol–water partition coefficient (Wildman–Crippen LogP) is 0.856. The van der Waals surface area contributed by atoms with Crippen molar-refractivity contribution in [2.45, 2.75) is 31.0 Å². The second-order valence-corrected chi connectivity index (χ2v) is 6.65. The van der Waals surface area contributed by atoms with E-state index in [0.717, 1.165) is 6.07 Å². The van der Waals surface area contributed by atoms with Gasteiger partial charge in [0.05, 0.1) is 22.8 Å². The van der Waals surface area contributed by atoms with Crippen molar-refractivity contribution in [2.75, 3.05) is 18.0 Å². The van der Waals surface area contributed by atoms with Gasteiger partial charge in [-0.3, -0.25) is 10.1 Å². The van der Waals surface area contributed by atoms with E-state index in [2.05, 4.69) is 0 Å². The van der Waals surface area contributed by atoms with Crippen LogP contribution in [0.4, 0.5) is 11.4 Å². The fourth-order valence-corrected chi connectivity index (χ4v) is 3.25. The Morgan fingerprint density at radius 1 is 1.33 bits per heavy atom. The third kappa shape index (κ3) is 3.49. The number of nitrogens with two attached hydrogens (primary N) is 1. The molecule has 2 N–H and O–H groups in total. The number of nitro benzene ring substituents is 1. The van der Waals surface area contributed by atoms with Gasteiger partial charge in [0, 0.05) is 25.2 Å². The van der Waals surface area contributed by atoms with Gasteiger partial charge in [-0.15, -0.1) is 0 Å². The highest BCUT2D eigenvalue weighted by atomic mass is 32.2. The maximum atomic E-state index is 11.7. The first kappa shape index (κ1) is 15.7. The molecule has 1 aromatic rings. The standard InChI is InChI=1S/C12H17N3O5S/c1-8-6-14(7-9(2)20-8)11-4-3-10(15(16)17)5-12(11)21(13,18)19/h3-5,8-9H,6-7H2,1-2H3,(H2,13,18,19). The van der Waals surface area contributed by atoms with Crippen molar-refractivity contribution in [1.82, 2.24) is 0 Å². The highest BCUT2D eigenvalue weighted by Crippen LogP contribution is 2.30. The molecule has 0 spiro atoms. The minimum absolute atomic E-state index is 0.0720. The van der Waals surface area contributed by atoms with E-state index in [1.165, 1.54) is 12.1 Å². The van der Waals surface area contributed by atoms with Gasteiger partial charge in [-0.2, -0.15) is 0 Å². The molecule has 0 aliphatic carbocycles. The van der Waals surface area contributed by atoms with Crippen LogP contribution in [-0.2, 0) is 14.8 Å². The van der Waals surface area contributed by atoms with Crippen LogP contribution in [0.5, 0.6) is 0 Å². The predicted molar refractivity (Wildman–Crippen MR) is 76.7 cm³/mol. The molecule has 1 aromatic carbocycles. The summed E-state index contributed by atoms with van der Waals surface area (Å²) < 4.78 is 29.1. The lowest BCUT2D eigenvalue weighted by molar-refractivity contribution is -0.385. The summed E-state index contributed by atoms with van der Waals surface area (Å²) in [7, 11) is -4.06. The number of hydrogen-bond donors (Lipinski definition) is 1. The third-order valence-electron chi connectivity index (χ3n) is 3.22. The Labute approximate surface area is 122 Å². The van der Waals surface area contributed by atoms with Gasteiger partial charge in [0.25, 0.3) is 5.69 Å². The van der Waals surface area contributed by atoms with E-state index in [9.17, 15) is 18.5 Å². The first-order chi connectivity index (χ1) is 9.68. The fourth-order valence-electron chi connectivity index (χ4n) is 2.48. The molecule has 0 aromatic heterocycles. The van der Waals surface area contributed by atoms with Crippen LogP contribution in [0.15, 0.2) is 23.1 Å². The maximum Gasteiger partial charge on any atom is 0.270 e. The smallest absolute Gasteiger partial charge is 0.270 e. The Balaban J connectivity index is 2.50. The number of morpholine rings is 1. The number of anilines is 1. The molecule has 116 valence electrons. The molecular formula is C12H17N3O5S. The minimum atomic E-state index is -4.06. The molecule has 2 rings (SSSR count). The van der Waals surface area contributed by atoms with E-state index in [1.54, 1.807) is 0 Å². The largest absolute Gasteiger partial charge is 0.372 e. The van der Waals surface area contributed by atoms with Crippen molar-refractivity contribution in [3.05, 3.63) is 28.3 Å². The zero-order valence-corrected chi connectivity index (χ0v) is 12.5. The highest BCUT2D eigenvalue weighted by molar-refractivity contribution is 7.89. The molecule has 0 amide bonds. The van der Waals surface area contributed by atoms with Crippen LogP contribution in [0.25, 0.3) is 0 Å². The zero-order valence-electron chi connectivity index (χ0n) is 11.7. The van der Waals surface area contributed by atoms with Crippen LogP contribution in [0.1, 0.15) is 13.8 Å². The molecule has 0 saturated carbocycles. The Hall–Kier alpha value is -1.71. The fraction of sp³-hybridized carbons (Fsp3) is 0.500. The lowest BCUT2D eigenvalue weighted by Crippen LogP contribution is -2.46. The third-order valence-corrected chi connectivity index (χ3v) is 4.16. The summed E-state index contributed by atoms with van der Waals surface area (Å²) in [6.45, 7) is 4.74. The number of non-ortho nitro benzene ring substituents is 1. The van der Waals surface area contributed by atoms with Crippen LogP contribution in [-0.4, -0.2) is 38.6 Å². The van der Waals surface area contributed by atoms with Crippen molar-refractivity contribution in [2.24, 2.45) is 5.14 Å². The van der Waals surface area contributed by atoms with Crippen LogP contribution in [0.2, 0.25) is 0 Å². The van der Waals surface area contributed by atoms with Crippen LogP contribution < -0.4 is 10.0 Å². The summed E-state index contributed by atoms with van der Waals surface area (Å²) in [6, 6.07) is 3.69. The van der Waals surface area contributed by atoms with Gasteiger partial charge in [0.1, 0.15) is 4.90 Å².